The SMILES string of the molecule is C=CC.ClCC1CO1. The van der Waals surface area contributed by atoms with Gasteiger partial charge in [-0.05, 0) is 6.92 Å². The van der Waals surface area contributed by atoms with Crippen molar-refractivity contribution in [2.24, 2.45) is 0 Å². The van der Waals surface area contributed by atoms with E-state index >= 15 is 0 Å². The van der Waals surface area contributed by atoms with Crippen LogP contribution in [-0.2, 0) is 4.74 Å². The zero-order valence-corrected chi connectivity index (χ0v) is 5.82. The van der Waals surface area contributed by atoms with Crippen molar-refractivity contribution in [2.45, 2.75) is 13.0 Å². The van der Waals surface area contributed by atoms with Crippen molar-refractivity contribution in [3.8, 4) is 0 Å². The number of hydrogen-bond acceptors (Lipinski definition) is 1. The van der Waals surface area contributed by atoms with Crippen molar-refractivity contribution in [1.82, 2.24) is 0 Å². The molecule has 1 heterocycles. The second-order valence-electron chi connectivity index (χ2n) is 1.52. The summed E-state index contributed by atoms with van der Waals surface area (Å²) in [5.41, 5.74) is 0. The van der Waals surface area contributed by atoms with Crippen LogP contribution in [0.25, 0.3) is 0 Å². The predicted octanol–water partition coefficient (Wildman–Crippen LogP) is 1.82. The summed E-state index contributed by atoms with van der Waals surface area (Å²) in [5, 5.41) is 0. The summed E-state index contributed by atoms with van der Waals surface area (Å²) in [5.74, 6) is 0.667. The Bertz CT molecular complexity index is 59.5. The molecule has 0 bridgehead atoms. The Morgan fingerprint density at radius 3 is 2.38 bits per heavy atom. The second kappa shape index (κ2) is 5.13. The lowest BCUT2D eigenvalue weighted by molar-refractivity contribution is 0.425. The highest BCUT2D eigenvalue weighted by Gasteiger charge is 2.19. The molecule has 0 amide bonds. The van der Waals surface area contributed by atoms with Gasteiger partial charge in [-0.2, -0.15) is 0 Å². The predicted molar refractivity (Wildman–Crippen MR) is 36.3 cm³/mol. The molecule has 1 atom stereocenters. The number of halogens is 1. The molecule has 2 heteroatoms. The van der Waals surface area contributed by atoms with E-state index in [1.165, 1.54) is 0 Å². The zero-order chi connectivity index (χ0) is 6.41. The van der Waals surface area contributed by atoms with Crippen molar-refractivity contribution < 1.29 is 4.74 Å². The molecule has 1 aliphatic rings. The fourth-order valence-electron chi connectivity index (χ4n) is 0.157. The van der Waals surface area contributed by atoms with Crippen LogP contribution in [0.3, 0.4) is 0 Å². The average Bonchev–Trinajstić information content (AvgIpc) is 2.48. The molecule has 0 spiro atoms. The van der Waals surface area contributed by atoms with E-state index in [9.17, 15) is 0 Å². The third-order valence-electron chi connectivity index (χ3n) is 0.574. The van der Waals surface area contributed by atoms with Gasteiger partial charge >= 0.3 is 0 Å². The molecular weight excluding hydrogens is 124 g/mol. The molecule has 1 saturated heterocycles. The second-order valence-corrected chi connectivity index (χ2v) is 1.83. The van der Waals surface area contributed by atoms with E-state index in [0.717, 1.165) is 6.61 Å². The van der Waals surface area contributed by atoms with E-state index in [1.807, 2.05) is 6.92 Å². The lowest BCUT2D eigenvalue weighted by Gasteiger charge is -1.67. The number of allylic oxidation sites excluding steroid dienone is 1. The first-order valence-corrected chi connectivity index (χ1v) is 3.13. The van der Waals surface area contributed by atoms with Gasteiger partial charge in [0.15, 0.2) is 0 Å². The lowest BCUT2D eigenvalue weighted by Crippen LogP contribution is -1.80. The minimum absolute atomic E-state index is 0.400. The van der Waals surface area contributed by atoms with Crippen molar-refractivity contribution in [3.05, 3.63) is 12.7 Å². The highest BCUT2D eigenvalue weighted by molar-refractivity contribution is 6.18. The van der Waals surface area contributed by atoms with E-state index in [2.05, 4.69) is 6.58 Å². The highest BCUT2D eigenvalue weighted by atomic mass is 35.5. The van der Waals surface area contributed by atoms with E-state index in [0.29, 0.717) is 12.0 Å². The summed E-state index contributed by atoms with van der Waals surface area (Å²) < 4.78 is 4.73. The molecule has 48 valence electrons. The third-order valence-corrected chi connectivity index (χ3v) is 0.919. The van der Waals surface area contributed by atoms with Gasteiger partial charge in [0, 0.05) is 0 Å². The molecule has 0 aromatic rings. The molecule has 0 N–H and O–H groups in total. The summed E-state index contributed by atoms with van der Waals surface area (Å²) in [6, 6.07) is 0. The quantitative estimate of drug-likeness (QED) is 0.303. The molecule has 0 aromatic carbocycles. The molecule has 0 saturated carbocycles. The normalized spacial score (nSPS) is 23.0. The van der Waals surface area contributed by atoms with Gasteiger partial charge in [-0.15, -0.1) is 18.2 Å². The molecular formula is C6H11ClO. The highest BCUT2D eigenvalue weighted by Crippen LogP contribution is 2.08. The first-order chi connectivity index (χ1) is 3.85. The minimum Gasteiger partial charge on any atom is -0.372 e. The zero-order valence-electron chi connectivity index (χ0n) is 5.06. The molecule has 1 rings (SSSR count). The van der Waals surface area contributed by atoms with Gasteiger partial charge in [-0.3, -0.25) is 0 Å². The van der Waals surface area contributed by atoms with Crippen molar-refractivity contribution in [3.63, 3.8) is 0 Å². The summed E-state index contributed by atoms with van der Waals surface area (Å²) in [4.78, 5) is 0. The molecule has 1 aliphatic heterocycles. The third kappa shape index (κ3) is 5.99. The van der Waals surface area contributed by atoms with E-state index in [-0.39, 0.29) is 0 Å². The molecule has 0 radical (unpaired) electrons. The molecule has 1 nitrogen and oxygen atoms in total. The molecule has 1 fully saturated rings. The Morgan fingerprint density at radius 1 is 2.00 bits per heavy atom. The van der Waals surface area contributed by atoms with Gasteiger partial charge in [-0.1, -0.05) is 6.08 Å². The van der Waals surface area contributed by atoms with Gasteiger partial charge in [0.25, 0.3) is 0 Å². The van der Waals surface area contributed by atoms with E-state index in [1.54, 1.807) is 6.08 Å². The van der Waals surface area contributed by atoms with Crippen LogP contribution in [0.15, 0.2) is 12.7 Å². The first kappa shape index (κ1) is 7.99. The van der Waals surface area contributed by atoms with Crippen LogP contribution in [0.4, 0.5) is 0 Å². The Labute approximate surface area is 55.3 Å². The maximum atomic E-state index is 5.27. The summed E-state index contributed by atoms with van der Waals surface area (Å²) in [7, 11) is 0. The monoisotopic (exact) mass is 134 g/mol. The van der Waals surface area contributed by atoms with Gasteiger partial charge in [0.05, 0.1) is 18.6 Å². The van der Waals surface area contributed by atoms with Gasteiger partial charge in [0.1, 0.15) is 0 Å². The molecule has 1 unspecified atom stereocenters. The van der Waals surface area contributed by atoms with E-state index < -0.39 is 0 Å². The van der Waals surface area contributed by atoms with Crippen LogP contribution >= 0.6 is 11.6 Å². The van der Waals surface area contributed by atoms with Crippen molar-refractivity contribution >= 4 is 11.6 Å². The number of rotatable bonds is 1. The van der Waals surface area contributed by atoms with Crippen LogP contribution in [0, 0.1) is 0 Å². The van der Waals surface area contributed by atoms with Crippen molar-refractivity contribution in [1.29, 1.82) is 0 Å². The van der Waals surface area contributed by atoms with Crippen molar-refractivity contribution in [2.75, 3.05) is 12.5 Å². The largest absolute Gasteiger partial charge is 0.372 e. The minimum atomic E-state index is 0.400. The fraction of sp³-hybridized carbons (Fsp3) is 0.667. The topological polar surface area (TPSA) is 12.5 Å². The molecule has 0 aromatic heterocycles. The van der Waals surface area contributed by atoms with Crippen LogP contribution in [0.2, 0.25) is 0 Å². The Balaban J connectivity index is 0.000000145. The standard InChI is InChI=1S/C3H5ClO.C3H6/c4-1-3-2-5-3;1-3-2/h3H,1-2H2;3H,1H2,2H3. The summed E-state index contributed by atoms with van der Waals surface area (Å²) in [6.07, 6.45) is 2.15. The van der Waals surface area contributed by atoms with E-state index in [4.69, 9.17) is 16.3 Å². The molecule has 0 aliphatic carbocycles. The average molecular weight is 135 g/mol. The van der Waals surface area contributed by atoms with Crippen LogP contribution in [-0.4, -0.2) is 18.6 Å². The Hall–Kier alpha value is -0.0100. The van der Waals surface area contributed by atoms with Crippen LogP contribution in [0.5, 0.6) is 0 Å². The first-order valence-electron chi connectivity index (χ1n) is 2.59. The van der Waals surface area contributed by atoms with Gasteiger partial charge < -0.3 is 4.74 Å². The summed E-state index contributed by atoms with van der Waals surface area (Å²) >= 11 is 5.27. The van der Waals surface area contributed by atoms with Gasteiger partial charge in [-0.25, -0.2) is 0 Å². The number of alkyl halides is 1. The smallest absolute Gasteiger partial charge is 0.0944 e. The fourth-order valence-corrected chi connectivity index (χ4v) is 0.335. The van der Waals surface area contributed by atoms with Crippen LogP contribution in [0.1, 0.15) is 6.92 Å². The maximum absolute atomic E-state index is 5.27. The lowest BCUT2D eigenvalue weighted by atomic mass is 10.6. The Kier molecular flexibility index (Phi) is 5.13. The van der Waals surface area contributed by atoms with Crippen LogP contribution < -0.4 is 0 Å². The number of hydrogen-bond donors (Lipinski definition) is 0. The number of ether oxygens (including phenoxy) is 1. The number of epoxide rings is 1. The Morgan fingerprint density at radius 2 is 2.38 bits per heavy atom. The maximum Gasteiger partial charge on any atom is 0.0944 e. The summed E-state index contributed by atoms with van der Waals surface area (Å²) in [6.45, 7) is 6.13. The van der Waals surface area contributed by atoms with Gasteiger partial charge in [0.2, 0.25) is 0 Å². The molecule has 8 heavy (non-hydrogen) atoms.